The van der Waals surface area contributed by atoms with Gasteiger partial charge in [-0.3, -0.25) is 0 Å². The Morgan fingerprint density at radius 2 is 2.06 bits per heavy atom. The van der Waals surface area contributed by atoms with Gasteiger partial charge in [0.1, 0.15) is 11.6 Å². The van der Waals surface area contributed by atoms with Gasteiger partial charge in [-0.15, -0.1) is 0 Å². The van der Waals surface area contributed by atoms with E-state index in [4.69, 9.17) is 0 Å². The zero-order valence-electron chi connectivity index (χ0n) is 10.9. The highest BCUT2D eigenvalue weighted by Crippen LogP contribution is 2.29. The van der Waals surface area contributed by atoms with Crippen LogP contribution in [0.15, 0.2) is 18.2 Å². The van der Waals surface area contributed by atoms with Crippen molar-refractivity contribution in [2.75, 3.05) is 20.6 Å². The molecule has 1 heterocycles. The van der Waals surface area contributed by atoms with Gasteiger partial charge in [0.05, 0.1) is 6.04 Å². The molecule has 0 radical (unpaired) electrons. The Labute approximate surface area is 107 Å². The van der Waals surface area contributed by atoms with E-state index in [0.717, 1.165) is 25.5 Å². The fraction of sp³-hybridized carbons (Fsp3) is 0.571. The third-order valence-corrected chi connectivity index (χ3v) is 3.57. The Balaban J connectivity index is 2.28. The number of nitrogens with one attached hydrogen (secondary N) is 1. The van der Waals surface area contributed by atoms with E-state index in [-0.39, 0.29) is 12.1 Å². The largest absolute Gasteiger partial charge is 0.312 e. The lowest BCUT2D eigenvalue weighted by Crippen LogP contribution is -2.44. The van der Waals surface area contributed by atoms with Crippen LogP contribution >= 0.6 is 0 Å². The van der Waals surface area contributed by atoms with Gasteiger partial charge in [-0.2, -0.15) is 0 Å². The fourth-order valence-electron chi connectivity index (χ4n) is 2.74. The highest BCUT2D eigenvalue weighted by atomic mass is 19.1. The summed E-state index contributed by atoms with van der Waals surface area (Å²) in [6.45, 7) is 0.970. The molecule has 2 nitrogen and oxygen atoms in total. The van der Waals surface area contributed by atoms with Gasteiger partial charge in [0.2, 0.25) is 0 Å². The second-order valence-electron chi connectivity index (χ2n) is 5.13. The highest BCUT2D eigenvalue weighted by Gasteiger charge is 2.28. The molecule has 1 N–H and O–H groups in total. The van der Waals surface area contributed by atoms with Crippen LogP contribution in [0.3, 0.4) is 0 Å². The maximum atomic E-state index is 13.9. The maximum Gasteiger partial charge on any atom is 0.130 e. The lowest BCUT2D eigenvalue weighted by molar-refractivity contribution is 0.200. The monoisotopic (exact) mass is 254 g/mol. The quantitative estimate of drug-likeness (QED) is 0.892. The zero-order chi connectivity index (χ0) is 13.1. The van der Waals surface area contributed by atoms with Crippen LogP contribution < -0.4 is 5.32 Å². The van der Waals surface area contributed by atoms with Gasteiger partial charge in [-0.1, -0.05) is 12.5 Å². The minimum Gasteiger partial charge on any atom is -0.312 e. The maximum absolute atomic E-state index is 13.9. The molecular formula is C14H20F2N2. The molecule has 2 rings (SSSR count). The zero-order valence-corrected chi connectivity index (χ0v) is 10.9. The summed E-state index contributed by atoms with van der Waals surface area (Å²) in [6.07, 6.45) is 3.35. The van der Waals surface area contributed by atoms with E-state index in [1.165, 1.54) is 12.5 Å². The molecule has 0 aliphatic carbocycles. The predicted octanol–water partition coefficient (Wildman–Crippen LogP) is 2.71. The summed E-state index contributed by atoms with van der Waals surface area (Å²) >= 11 is 0. The third-order valence-electron chi connectivity index (χ3n) is 3.57. The molecule has 100 valence electrons. The number of nitrogens with zero attached hydrogens (tertiary/aromatic N) is 1. The summed E-state index contributed by atoms with van der Waals surface area (Å²) in [5.41, 5.74) is 0.570. The van der Waals surface area contributed by atoms with E-state index in [1.807, 2.05) is 19.0 Å². The first-order valence-corrected chi connectivity index (χ1v) is 6.44. The lowest BCUT2D eigenvalue weighted by atomic mass is 9.91. The number of halogens is 2. The number of benzene rings is 1. The van der Waals surface area contributed by atoms with Gasteiger partial charge >= 0.3 is 0 Å². The molecule has 1 aliphatic heterocycles. The van der Waals surface area contributed by atoms with Crippen LogP contribution in [-0.2, 0) is 0 Å². The van der Waals surface area contributed by atoms with E-state index >= 15 is 0 Å². The molecule has 4 heteroatoms. The molecule has 0 saturated carbocycles. The van der Waals surface area contributed by atoms with Crippen molar-refractivity contribution in [2.45, 2.75) is 31.3 Å². The van der Waals surface area contributed by atoms with Gasteiger partial charge < -0.3 is 10.2 Å². The molecule has 1 aromatic carbocycles. The molecule has 1 saturated heterocycles. The third kappa shape index (κ3) is 2.87. The summed E-state index contributed by atoms with van der Waals surface area (Å²) in [7, 11) is 3.87. The summed E-state index contributed by atoms with van der Waals surface area (Å²) in [5.74, 6) is -0.980. The van der Waals surface area contributed by atoms with E-state index in [0.29, 0.717) is 5.56 Å². The number of piperidine rings is 1. The van der Waals surface area contributed by atoms with Crippen LogP contribution in [0, 0.1) is 11.6 Å². The van der Waals surface area contributed by atoms with Gasteiger partial charge in [0, 0.05) is 17.7 Å². The van der Waals surface area contributed by atoms with Crippen LogP contribution in [0.1, 0.15) is 30.9 Å². The molecule has 0 bridgehead atoms. The number of likely N-dealkylation sites (N-methyl/N-ethyl adjacent to an activating group) is 1. The van der Waals surface area contributed by atoms with Crippen molar-refractivity contribution in [3.05, 3.63) is 35.4 Å². The second kappa shape index (κ2) is 5.76. The van der Waals surface area contributed by atoms with Gasteiger partial charge in [0.25, 0.3) is 0 Å². The van der Waals surface area contributed by atoms with Crippen molar-refractivity contribution in [2.24, 2.45) is 0 Å². The number of rotatable bonds is 3. The summed E-state index contributed by atoms with van der Waals surface area (Å²) in [6, 6.07) is 4.04. The molecule has 0 aromatic heterocycles. The summed E-state index contributed by atoms with van der Waals surface area (Å²) < 4.78 is 26.9. The van der Waals surface area contributed by atoms with Crippen molar-refractivity contribution >= 4 is 0 Å². The molecule has 1 aliphatic rings. The Morgan fingerprint density at radius 3 is 2.61 bits per heavy atom. The number of hydrogen-bond acceptors (Lipinski definition) is 2. The molecule has 2 atom stereocenters. The van der Waals surface area contributed by atoms with E-state index in [2.05, 4.69) is 5.32 Å². The SMILES string of the molecule is CN(C)C(c1ccc(F)cc1F)C1CCCCN1. The van der Waals surface area contributed by atoms with Crippen molar-refractivity contribution in [1.82, 2.24) is 10.2 Å². The van der Waals surface area contributed by atoms with Gasteiger partial charge in [-0.25, -0.2) is 8.78 Å². The van der Waals surface area contributed by atoms with Gasteiger partial charge in [0.15, 0.2) is 0 Å². The van der Waals surface area contributed by atoms with E-state index in [9.17, 15) is 8.78 Å². The minimum atomic E-state index is -0.523. The average Bonchev–Trinajstić information content (AvgIpc) is 2.33. The molecule has 1 fully saturated rings. The summed E-state index contributed by atoms with van der Waals surface area (Å²) in [5, 5.41) is 3.44. The Kier molecular flexibility index (Phi) is 4.30. The molecule has 18 heavy (non-hydrogen) atoms. The number of hydrogen-bond donors (Lipinski definition) is 1. The highest BCUT2D eigenvalue weighted by molar-refractivity contribution is 5.24. The van der Waals surface area contributed by atoms with Crippen molar-refractivity contribution in [1.29, 1.82) is 0 Å². The minimum absolute atomic E-state index is 0.0501. The Morgan fingerprint density at radius 1 is 1.28 bits per heavy atom. The first-order chi connectivity index (χ1) is 8.59. The molecule has 2 unspecified atom stereocenters. The first kappa shape index (κ1) is 13.4. The Hall–Kier alpha value is -1.00. The molecule has 1 aromatic rings. The fourth-order valence-corrected chi connectivity index (χ4v) is 2.74. The standard InChI is InChI=1S/C14H20F2N2/c1-18(2)14(13-5-3-4-8-17-13)11-7-6-10(15)9-12(11)16/h6-7,9,13-14,17H,3-5,8H2,1-2H3. The molecule has 0 amide bonds. The van der Waals surface area contributed by atoms with Crippen LogP contribution in [0.2, 0.25) is 0 Å². The van der Waals surface area contributed by atoms with E-state index < -0.39 is 11.6 Å². The van der Waals surface area contributed by atoms with Crippen LogP contribution in [0.25, 0.3) is 0 Å². The molecule has 0 spiro atoms. The second-order valence-corrected chi connectivity index (χ2v) is 5.13. The predicted molar refractivity (Wildman–Crippen MR) is 68.4 cm³/mol. The molecular weight excluding hydrogens is 234 g/mol. The average molecular weight is 254 g/mol. The topological polar surface area (TPSA) is 15.3 Å². The smallest absolute Gasteiger partial charge is 0.130 e. The lowest BCUT2D eigenvalue weighted by Gasteiger charge is -2.36. The normalized spacial score (nSPS) is 22.2. The Bertz CT molecular complexity index is 401. The van der Waals surface area contributed by atoms with Crippen LogP contribution in [0.4, 0.5) is 8.78 Å². The summed E-state index contributed by atoms with van der Waals surface area (Å²) in [4.78, 5) is 2.00. The van der Waals surface area contributed by atoms with E-state index in [1.54, 1.807) is 6.07 Å². The van der Waals surface area contributed by atoms with Gasteiger partial charge in [-0.05, 0) is 39.5 Å². The van der Waals surface area contributed by atoms with Crippen LogP contribution in [0.5, 0.6) is 0 Å². The van der Waals surface area contributed by atoms with Crippen LogP contribution in [-0.4, -0.2) is 31.6 Å². The van der Waals surface area contributed by atoms with Crippen molar-refractivity contribution in [3.8, 4) is 0 Å². The van der Waals surface area contributed by atoms with Crippen molar-refractivity contribution in [3.63, 3.8) is 0 Å². The first-order valence-electron chi connectivity index (χ1n) is 6.44. The van der Waals surface area contributed by atoms with Crippen molar-refractivity contribution < 1.29 is 8.78 Å².